The first-order valence-corrected chi connectivity index (χ1v) is 7.53. The highest BCUT2D eigenvalue weighted by Gasteiger charge is 2.18. The summed E-state index contributed by atoms with van der Waals surface area (Å²) in [6.45, 7) is 2.74. The fourth-order valence-electron chi connectivity index (χ4n) is 3.19. The molecule has 1 saturated carbocycles. The number of carbonyl (C=O) groups is 1. The number of rotatable bonds is 8. The lowest BCUT2D eigenvalue weighted by Crippen LogP contribution is -2.20. The molecule has 2 atom stereocenters. The van der Waals surface area contributed by atoms with Crippen LogP contribution in [0, 0.1) is 17.8 Å². The lowest BCUT2D eigenvalue weighted by Gasteiger charge is -2.24. The number of carboxylic acid groups (broad SMARTS) is 1. The third-order valence-corrected chi connectivity index (χ3v) is 4.32. The molecule has 0 aliphatic heterocycles. The van der Waals surface area contributed by atoms with Gasteiger partial charge < -0.3 is 10.8 Å². The monoisotopic (exact) mass is 255 g/mol. The van der Waals surface area contributed by atoms with Gasteiger partial charge in [0.2, 0.25) is 0 Å². The second kappa shape index (κ2) is 8.52. The Morgan fingerprint density at radius 3 is 2.56 bits per heavy atom. The van der Waals surface area contributed by atoms with Crippen molar-refractivity contribution in [2.75, 3.05) is 6.54 Å². The summed E-state index contributed by atoms with van der Waals surface area (Å²) in [5, 5.41) is 8.81. The Labute approximate surface area is 111 Å². The molecule has 1 rings (SSSR count). The average molecular weight is 255 g/mol. The predicted molar refractivity (Wildman–Crippen MR) is 74.4 cm³/mol. The van der Waals surface area contributed by atoms with E-state index in [1.54, 1.807) is 0 Å². The summed E-state index contributed by atoms with van der Waals surface area (Å²) in [4.78, 5) is 10.7. The molecule has 0 radical (unpaired) electrons. The summed E-state index contributed by atoms with van der Waals surface area (Å²) in [6.07, 6.45) is 10.8. The molecule has 0 aromatic carbocycles. The molecule has 0 saturated heterocycles. The molecule has 106 valence electrons. The highest BCUT2D eigenvalue weighted by atomic mass is 16.4. The Balaban J connectivity index is 2.18. The topological polar surface area (TPSA) is 63.3 Å². The molecule has 1 aliphatic rings. The van der Waals surface area contributed by atoms with E-state index in [-0.39, 0.29) is 12.3 Å². The zero-order valence-corrected chi connectivity index (χ0v) is 11.7. The maximum absolute atomic E-state index is 10.7. The minimum absolute atomic E-state index is 0.156. The molecule has 3 nitrogen and oxygen atoms in total. The molecule has 1 fully saturated rings. The number of hydrogen-bond acceptors (Lipinski definition) is 2. The second-order valence-electron chi connectivity index (χ2n) is 6.12. The molecule has 0 aromatic rings. The largest absolute Gasteiger partial charge is 0.481 e. The molecule has 2 unspecified atom stereocenters. The van der Waals surface area contributed by atoms with Crippen molar-refractivity contribution in [2.45, 2.75) is 64.7 Å². The van der Waals surface area contributed by atoms with Crippen LogP contribution < -0.4 is 5.73 Å². The van der Waals surface area contributed by atoms with Gasteiger partial charge >= 0.3 is 5.97 Å². The fraction of sp³-hybridized carbons (Fsp3) is 0.933. The van der Waals surface area contributed by atoms with E-state index in [0.29, 0.717) is 12.5 Å². The van der Waals surface area contributed by atoms with Gasteiger partial charge in [-0.05, 0) is 30.7 Å². The molecule has 0 spiro atoms. The van der Waals surface area contributed by atoms with Crippen LogP contribution in [0.25, 0.3) is 0 Å². The third kappa shape index (κ3) is 6.39. The average Bonchev–Trinajstić information content (AvgIpc) is 2.36. The van der Waals surface area contributed by atoms with Crippen molar-refractivity contribution in [1.82, 2.24) is 0 Å². The molecular weight excluding hydrogens is 226 g/mol. The van der Waals surface area contributed by atoms with Gasteiger partial charge in [-0.15, -0.1) is 0 Å². The Kier molecular flexibility index (Phi) is 7.33. The van der Waals surface area contributed by atoms with Crippen LogP contribution >= 0.6 is 0 Å². The van der Waals surface area contributed by atoms with Gasteiger partial charge in [-0.25, -0.2) is 0 Å². The Bertz CT molecular complexity index is 237. The zero-order chi connectivity index (χ0) is 13.4. The van der Waals surface area contributed by atoms with E-state index < -0.39 is 5.97 Å². The smallest absolute Gasteiger partial charge is 0.303 e. The maximum atomic E-state index is 10.7. The van der Waals surface area contributed by atoms with Gasteiger partial charge in [0.25, 0.3) is 0 Å². The molecule has 0 aromatic heterocycles. The number of carboxylic acids is 1. The summed E-state index contributed by atoms with van der Waals surface area (Å²) < 4.78 is 0. The van der Waals surface area contributed by atoms with Crippen molar-refractivity contribution < 1.29 is 9.90 Å². The van der Waals surface area contributed by atoms with Crippen molar-refractivity contribution >= 4 is 5.97 Å². The quantitative estimate of drug-likeness (QED) is 0.698. The van der Waals surface area contributed by atoms with Crippen molar-refractivity contribution in [3.63, 3.8) is 0 Å². The fourth-order valence-corrected chi connectivity index (χ4v) is 3.19. The maximum Gasteiger partial charge on any atom is 0.303 e. The number of aliphatic carboxylic acids is 1. The van der Waals surface area contributed by atoms with E-state index in [1.165, 1.54) is 44.9 Å². The van der Waals surface area contributed by atoms with E-state index >= 15 is 0 Å². The van der Waals surface area contributed by atoms with Gasteiger partial charge in [0.15, 0.2) is 0 Å². The van der Waals surface area contributed by atoms with Gasteiger partial charge in [-0.1, -0.05) is 51.9 Å². The minimum atomic E-state index is -0.718. The van der Waals surface area contributed by atoms with Gasteiger partial charge in [-0.3, -0.25) is 4.79 Å². The highest BCUT2D eigenvalue weighted by molar-refractivity contribution is 5.67. The molecule has 0 heterocycles. The van der Waals surface area contributed by atoms with Crippen LogP contribution in [0.3, 0.4) is 0 Å². The predicted octanol–water partition coefficient (Wildman–Crippen LogP) is 3.42. The van der Waals surface area contributed by atoms with Gasteiger partial charge in [-0.2, -0.15) is 0 Å². The SMILES string of the molecule is CC(CCC1CCCCC1)CC(CN)CC(=O)O. The minimum Gasteiger partial charge on any atom is -0.481 e. The molecule has 0 bridgehead atoms. The van der Waals surface area contributed by atoms with Crippen LogP contribution in [0.2, 0.25) is 0 Å². The van der Waals surface area contributed by atoms with Gasteiger partial charge in [0.1, 0.15) is 0 Å². The van der Waals surface area contributed by atoms with E-state index in [2.05, 4.69) is 6.92 Å². The Hall–Kier alpha value is -0.570. The Morgan fingerprint density at radius 1 is 1.33 bits per heavy atom. The summed E-state index contributed by atoms with van der Waals surface area (Å²) in [5.41, 5.74) is 5.64. The normalized spacial score (nSPS) is 20.6. The first kappa shape index (κ1) is 15.5. The summed E-state index contributed by atoms with van der Waals surface area (Å²) >= 11 is 0. The molecular formula is C15H29NO2. The van der Waals surface area contributed by atoms with E-state index in [1.807, 2.05) is 0 Å². The van der Waals surface area contributed by atoms with Crippen LogP contribution in [0.5, 0.6) is 0 Å². The van der Waals surface area contributed by atoms with E-state index in [9.17, 15) is 4.79 Å². The van der Waals surface area contributed by atoms with Crippen LogP contribution in [-0.2, 0) is 4.79 Å². The van der Waals surface area contributed by atoms with Crippen molar-refractivity contribution in [3.8, 4) is 0 Å². The second-order valence-corrected chi connectivity index (χ2v) is 6.12. The lowest BCUT2D eigenvalue weighted by atomic mass is 9.82. The standard InChI is InChI=1S/C15H29NO2/c1-12(9-14(11-16)10-15(17)18)7-8-13-5-3-2-4-6-13/h12-14H,2-11,16H2,1H3,(H,17,18). The van der Waals surface area contributed by atoms with E-state index in [0.717, 1.165) is 12.3 Å². The Morgan fingerprint density at radius 2 is 2.00 bits per heavy atom. The first-order valence-electron chi connectivity index (χ1n) is 7.53. The summed E-state index contributed by atoms with van der Waals surface area (Å²) in [7, 11) is 0. The van der Waals surface area contributed by atoms with Crippen LogP contribution in [-0.4, -0.2) is 17.6 Å². The summed E-state index contributed by atoms with van der Waals surface area (Å²) in [6, 6.07) is 0. The van der Waals surface area contributed by atoms with Gasteiger partial charge in [0, 0.05) is 6.42 Å². The first-order chi connectivity index (χ1) is 8.61. The van der Waals surface area contributed by atoms with Crippen molar-refractivity contribution in [3.05, 3.63) is 0 Å². The molecule has 3 N–H and O–H groups in total. The van der Waals surface area contributed by atoms with E-state index in [4.69, 9.17) is 10.8 Å². The van der Waals surface area contributed by atoms with Crippen molar-refractivity contribution in [2.24, 2.45) is 23.5 Å². The number of nitrogens with two attached hydrogens (primary N) is 1. The lowest BCUT2D eigenvalue weighted by molar-refractivity contribution is -0.138. The van der Waals surface area contributed by atoms with Crippen molar-refractivity contribution in [1.29, 1.82) is 0 Å². The summed E-state index contributed by atoms with van der Waals surface area (Å²) in [5.74, 6) is 0.977. The van der Waals surface area contributed by atoms with Crippen LogP contribution in [0.1, 0.15) is 64.7 Å². The zero-order valence-electron chi connectivity index (χ0n) is 11.7. The van der Waals surface area contributed by atoms with Gasteiger partial charge in [0.05, 0.1) is 0 Å². The van der Waals surface area contributed by atoms with Crippen LogP contribution in [0.15, 0.2) is 0 Å². The third-order valence-electron chi connectivity index (χ3n) is 4.32. The molecule has 3 heteroatoms. The van der Waals surface area contributed by atoms with Crippen LogP contribution in [0.4, 0.5) is 0 Å². The number of hydrogen-bond donors (Lipinski definition) is 2. The molecule has 0 amide bonds. The molecule has 18 heavy (non-hydrogen) atoms. The molecule has 1 aliphatic carbocycles. The highest BCUT2D eigenvalue weighted by Crippen LogP contribution is 2.30.